The molecule has 0 saturated carbocycles. The van der Waals surface area contributed by atoms with E-state index in [2.05, 4.69) is 5.32 Å². The summed E-state index contributed by atoms with van der Waals surface area (Å²) in [5, 5.41) is 3.00. The fraction of sp³-hybridized carbons (Fsp3) is 0.364. The van der Waals surface area contributed by atoms with Crippen molar-refractivity contribution in [3.05, 3.63) is 65.2 Å². The summed E-state index contributed by atoms with van der Waals surface area (Å²) >= 11 is 6.00. The van der Waals surface area contributed by atoms with Crippen molar-refractivity contribution in [2.75, 3.05) is 24.2 Å². The van der Waals surface area contributed by atoms with Gasteiger partial charge in [-0.2, -0.15) is 0 Å². The minimum Gasteiger partial charge on any atom is -0.357 e. The molecule has 0 aliphatic rings. The molecule has 0 saturated heterocycles. The fourth-order valence-corrected chi connectivity index (χ4v) is 4.35. The minimum atomic E-state index is -3.55. The molecule has 2 aromatic rings. The molecule has 1 N–H and O–H groups in total. The molecule has 2 amide bonds. The zero-order valence-electron chi connectivity index (χ0n) is 17.9. The van der Waals surface area contributed by atoms with Gasteiger partial charge in [-0.15, -0.1) is 0 Å². The first-order chi connectivity index (χ1) is 14.6. The number of likely N-dealkylation sites (N-methyl/N-ethyl adjacent to an activating group) is 1. The van der Waals surface area contributed by atoms with Crippen LogP contribution >= 0.6 is 11.6 Å². The number of nitrogens with one attached hydrogen (secondary N) is 1. The van der Waals surface area contributed by atoms with Crippen LogP contribution < -0.4 is 9.62 Å². The molecule has 31 heavy (non-hydrogen) atoms. The van der Waals surface area contributed by atoms with Gasteiger partial charge in [0, 0.05) is 31.6 Å². The Balaban J connectivity index is 2.12. The summed E-state index contributed by atoms with van der Waals surface area (Å²) in [7, 11) is -2.02. The first-order valence-electron chi connectivity index (χ1n) is 9.91. The van der Waals surface area contributed by atoms with E-state index in [1.165, 1.54) is 16.3 Å². The Morgan fingerprint density at radius 2 is 1.77 bits per heavy atom. The predicted molar refractivity (Wildman–Crippen MR) is 123 cm³/mol. The molecule has 168 valence electrons. The number of halogens is 1. The van der Waals surface area contributed by atoms with Gasteiger partial charge in [-0.05, 0) is 37.1 Å². The molecule has 1 atom stereocenters. The summed E-state index contributed by atoms with van der Waals surface area (Å²) < 4.78 is 25.8. The summed E-state index contributed by atoms with van der Waals surface area (Å²) in [5.74, 6) is -0.486. The molecular formula is C22H28ClN3O4S. The van der Waals surface area contributed by atoms with Crippen molar-refractivity contribution in [2.24, 2.45) is 0 Å². The highest BCUT2D eigenvalue weighted by Crippen LogP contribution is 2.22. The van der Waals surface area contributed by atoms with Crippen molar-refractivity contribution in [1.82, 2.24) is 10.2 Å². The number of carbonyl (C=O) groups excluding carboxylic acids is 2. The third-order valence-electron chi connectivity index (χ3n) is 4.86. The van der Waals surface area contributed by atoms with E-state index in [1.54, 1.807) is 31.2 Å². The van der Waals surface area contributed by atoms with Crippen LogP contribution in [0.15, 0.2) is 54.6 Å². The Bertz CT molecular complexity index is 999. The Morgan fingerprint density at radius 1 is 1.10 bits per heavy atom. The average Bonchev–Trinajstić information content (AvgIpc) is 2.73. The molecule has 2 aromatic carbocycles. The number of amides is 2. The molecule has 2 rings (SSSR count). The van der Waals surface area contributed by atoms with Crippen LogP contribution in [0.2, 0.25) is 5.02 Å². The Morgan fingerprint density at radius 3 is 2.35 bits per heavy atom. The summed E-state index contributed by atoms with van der Waals surface area (Å²) in [4.78, 5) is 26.7. The molecule has 1 unspecified atom stereocenters. The first-order valence-corrected chi connectivity index (χ1v) is 12.1. The summed E-state index contributed by atoms with van der Waals surface area (Å²) in [6, 6.07) is 15.3. The topological polar surface area (TPSA) is 86.8 Å². The molecular weight excluding hydrogens is 438 g/mol. The highest BCUT2D eigenvalue weighted by molar-refractivity contribution is 7.92. The van der Waals surface area contributed by atoms with Gasteiger partial charge in [0.05, 0.1) is 11.9 Å². The Kier molecular flexibility index (Phi) is 8.88. The van der Waals surface area contributed by atoms with Gasteiger partial charge in [-0.25, -0.2) is 8.42 Å². The number of hydrogen-bond donors (Lipinski definition) is 1. The highest BCUT2D eigenvalue weighted by Gasteiger charge is 2.26. The van der Waals surface area contributed by atoms with Crippen molar-refractivity contribution in [1.29, 1.82) is 0 Å². The van der Waals surface area contributed by atoms with Crippen LogP contribution in [0.25, 0.3) is 0 Å². The average molecular weight is 466 g/mol. The van der Waals surface area contributed by atoms with Crippen LogP contribution in [0, 0.1) is 0 Å². The van der Waals surface area contributed by atoms with Crippen LogP contribution in [0.5, 0.6) is 0 Å². The number of anilines is 1. The SMILES string of the molecule is CNC(=O)C(C)N(Cc1ccccc1)C(=O)CCCN(c1cccc(Cl)c1)S(C)(=O)=O. The molecule has 9 heteroatoms. The molecule has 0 radical (unpaired) electrons. The van der Waals surface area contributed by atoms with Crippen molar-refractivity contribution < 1.29 is 18.0 Å². The quantitative estimate of drug-likeness (QED) is 0.584. The third-order valence-corrected chi connectivity index (χ3v) is 6.29. The molecule has 7 nitrogen and oxygen atoms in total. The minimum absolute atomic E-state index is 0.0980. The van der Waals surface area contributed by atoms with Crippen LogP contribution in [0.1, 0.15) is 25.3 Å². The standard InChI is InChI=1S/C22H28ClN3O4S/c1-17(22(28)24-2)25(16-18-9-5-4-6-10-18)21(27)13-8-14-26(31(3,29)30)20-12-7-11-19(23)15-20/h4-7,9-12,15,17H,8,13-14,16H2,1-3H3,(H,24,28). The lowest BCUT2D eigenvalue weighted by Crippen LogP contribution is -2.46. The van der Waals surface area contributed by atoms with E-state index >= 15 is 0 Å². The Labute approximate surface area is 189 Å². The van der Waals surface area contributed by atoms with Crippen molar-refractivity contribution in [3.8, 4) is 0 Å². The monoisotopic (exact) mass is 465 g/mol. The van der Waals surface area contributed by atoms with Gasteiger partial charge in [0.2, 0.25) is 21.8 Å². The Hall–Kier alpha value is -2.58. The normalized spacial score (nSPS) is 12.1. The fourth-order valence-electron chi connectivity index (χ4n) is 3.21. The summed E-state index contributed by atoms with van der Waals surface area (Å²) in [5.41, 5.74) is 1.35. The van der Waals surface area contributed by atoms with Gasteiger partial charge in [0.25, 0.3) is 0 Å². The third kappa shape index (κ3) is 7.25. The molecule has 0 aliphatic carbocycles. The summed E-state index contributed by atoms with van der Waals surface area (Å²) in [6.07, 6.45) is 1.51. The van der Waals surface area contributed by atoms with Gasteiger partial charge in [-0.1, -0.05) is 48.0 Å². The molecule has 0 heterocycles. The second-order valence-corrected chi connectivity index (χ2v) is 9.56. The van der Waals surface area contributed by atoms with E-state index in [1.807, 2.05) is 30.3 Å². The van der Waals surface area contributed by atoms with Crippen LogP contribution in [-0.4, -0.2) is 51.0 Å². The van der Waals surface area contributed by atoms with Crippen LogP contribution in [0.4, 0.5) is 5.69 Å². The van der Waals surface area contributed by atoms with Gasteiger partial charge in [0.15, 0.2) is 0 Å². The van der Waals surface area contributed by atoms with Gasteiger partial charge in [-0.3, -0.25) is 13.9 Å². The van der Waals surface area contributed by atoms with Gasteiger partial charge in [0.1, 0.15) is 6.04 Å². The number of hydrogen-bond acceptors (Lipinski definition) is 4. The largest absolute Gasteiger partial charge is 0.357 e. The zero-order chi connectivity index (χ0) is 23.0. The number of rotatable bonds is 10. The van der Waals surface area contributed by atoms with Crippen LogP contribution in [0.3, 0.4) is 0 Å². The van der Waals surface area contributed by atoms with E-state index < -0.39 is 16.1 Å². The molecule has 0 aromatic heterocycles. The second-order valence-electron chi connectivity index (χ2n) is 7.22. The van der Waals surface area contributed by atoms with Gasteiger partial charge >= 0.3 is 0 Å². The van der Waals surface area contributed by atoms with Gasteiger partial charge < -0.3 is 10.2 Å². The lowest BCUT2D eigenvalue weighted by atomic mass is 10.1. The van der Waals surface area contributed by atoms with E-state index in [4.69, 9.17) is 11.6 Å². The van der Waals surface area contributed by atoms with E-state index in [0.29, 0.717) is 23.7 Å². The van der Waals surface area contributed by atoms with E-state index in [0.717, 1.165) is 11.8 Å². The maximum atomic E-state index is 13.0. The highest BCUT2D eigenvalue weighted by atomic mass is 35.5. The summed E-state index contributed by atoms with van der Waals surface area (Å²) in [6.45, 7) is 2.09. The second kappa shape index (κ2) is 11.2. The molecule has 0 bridgehead atoms. The lowest BCUT2D eigenvalue weighted by molar-refractivity contribution is -0.140. The van der Waals surface area contributed by atoms with E-state index in [9.17, 15) is 18.0 Å². The number of carbonyl (C=O) groups is 2. The number of sulfonamides is 1. The maximum absolute atomic E-state index is 13.0. The van der Waals surface area contributed by atoms with Crippen molar-refractivity contribution >= 4 is 39.1 Å². The number of benzene rings is 2. The van der Waals surface area contributed by atoms with Crippen molar-refractivity contribution in [3.63, 3.8) is 0 Å². The lowest BCUT2D eigenvalue weighted by Gasteiger charge is -2.29. The first kappa shape index (κ1) is 24.7. The molecule has 0 fully saturated rings. The van der Waals surface area contributed by atoms with Crippen molar-refractivity contribution in [2.45, 2.75) is 32.4 Å². The number of nitrogens with zero attached hydrogens (tertiary/aromatic N) is 2. The maximum Gasteiger partial charge on any atom is 0.242 e. The predicted octanol–water partition coefficient (Wildman–Crippen LogP) is 3.05. The zero-order valence-corrected chi connectivity index (χ0v) is 19.5. The van der Waals surface area contributed by atoms with E-state index in [-0.39, 0.29) is 24.8 Å². The van der Waals surface area contributed by atoms with Crippen LogP contribution in [-0.2, 0) is 26.2 Å². The molecule has 0 aliphatic heterocycles. The molecule has 0 spiro atoms. The smallest absolute Gasteiger partial charge is 0.242 e.